The maximum Gasteiger partial charge on any atom is 0.174 e. The zero-order chi connectivity index (χ0) is 13.2. The fourth-order valence-corrected chi connectivity index (χ4v) is 2.41. The molecule has 3 rings (SSSR count). The maximum atomic E-state index is 6.21. The second-order valence-electron chi connectivity index (χ2n) is 4.18. The van der Waals surface area contributed by atoms with Crippen LogP contribution < -0.4 is 5.73 Å². The number of rotatable bonds is 3. The predicted molar refractivity (Wildman–Crippen MR) is 76.0 cm³/mol. The highest BCUT2D eigenvalue weighted by Crippen LogP contribution is 2.27. The summed E-state index contributed by atoms with van der Waals surface area (Å²) in [6.07, 6.45) is 5.32. The summed E-state index contributed by atoms with van der Waals surface area (Å²) in [6.45, 7) is 0. The van der Waals surface area contributed by atoms with Crippen molar-refractivity contribution < 1.29 is 4.42 Å². The molecule has 0 spiro atoms. The van der Waals surface area contributed by atoms with E-state index < -0.39 is 0 Å². The van der Waals surface area contributed by atoms with E-state index in [4.69, 9.17) is 10.2 Å². The van der Waals surface area contributed by atoms with E-state index in [0.29, 0.717) is 4.67 Å². The van der Waals surface area contributed by atoms with Crippen molar-refractivity contribution in [3.05, 3.63) is 70.9 Å². The average molecular weight is 318 g/mol. The van der Waals surface area contributed by atoms with Gasteiger partial charge in [0.1, 0.15) is 0 Å². The van der Waals surface area contributed by atoms with Crippen LogP contribution in [0.3, 0.4) is 0 Å². The van der Waals surface area contributed by atoms with Crippen LogP contribution in [0.1, 0.15) is 17.2 Å². The molecule has 0 radical (unpaired) electrons. The van der Waals surface area contributed by atoms with Gasteiger partial charge in [0.05, 0.1) is 24.2 Å². The number of aromatic nitrogens is 2. The average Bonchev–Trinajstić information content (AvgIpc) is 3.08. The molecule has 19 heavy (non-hydrogen) atoms. The van der Waals surface area contributed by atoms with Crippen LogP contribution in [0.25, 0.3) is 5.69 Å². The van der Waals surface area contributed by atoms with Gasteiger partial charge < -0.3 is 10.2 Å². The Balaban J connectivity index is 1.92. The van der Waals surface area contributed by atoms with Crippen molar-refractivity contribution in [3.8, 4) is 5.69 Å². The quantitative estimate of drug-likeness (QED) is 0.806. The Kier molecular flexibility index (Phi) is 3.23. The molecule has 96 valence electrons. The molecule has 2 N–H and O–H groups in total. The van der Waals surface area contributed by atoms with Gasteiger partial charge in [0.25, 0.3) is 0 Å². The first-order valence-electron chi connectivity index (χ1n) is 5.84. The molecule has 0 aliphatic carbocycles. The predicted octanol–water partition coefficient (Wildman–Crippen LogP) is 3.28. The highest BCUT2D eigenvalue weighted by molar-refractivity contribution is 9.10. The number of halogens is 1. The third kappa shape index (κ3) is 2.34. The molecular weight excluding hydrogens is 306 g/mol. The monoisotopic (exact) mass is 317 g/mol. The van der Waals surface area contributed by atoms with Gasteiger partial charge in [0, 0.05) is 17.3 Å². The highest BCUT2D eigenvalue weighted by atomic mass is 79.9. The van der Waals surface area contributed by atoms with Crippen molar-refractivity contribution in [3.63, 3.8) is 0 Å². The third-order valence-electron chi connectivity index (χ3n) is 2.96. The first-order valence-corrected chi connectivity index (χ1v) is 6.63. The lowest BCUT2D eigenvalue weighted by atomic mass is 10.1. The van der Waals surface area contributed by atoms with Crippen LogP contribution >= 0.6 is 15.9 Å². The summed E-state index contributed by atoms with van der Waals surface area (Å²) < 4.78 is 7.68. The molecule has 1 aromatic carbocycles. The van der Waals surface area contributed by atoms with E-state index in [1.807, 2.05) is 47.3 Å². The van der Waals surface area contributed by atoms with E-state index in [1.54, 1.807) is 12.5 Å². The highest BCUT2D eigenvalue weighted by Gasteiger charge is 2.16. The number of hydrogen-bond donors (Lipinski definition) is 1. The van der Waals surface area contributed by atoms with Gasteiger partial charge in [-0.2, -0.15) is 5.10 Å². The number of hydrogen-bond acceptors (Lipinski definition) is 3. The molecule has 0 aliphatic heterocycles. The molecule has 0 saturated carbocycles. The van der Waals surface area contributed by atoms with Crippen molar-refractivity contribution in [1.29, 1.82) is 0 Å². The number of nitrogens with zero attached hydrogens (tertiary/aromatic N) is 2. The van der Waals surface area contributed by atoms with Crippen LogP contribution in [0, 0.1) is 0 Å². The summed E-state index contributed by atoms with van der Waals surface area (Å²) in [5.41, 5.74) is 9.06. The smallest absolute Gasteiger partial charge is 0.174 e. The summed E-state index contributed by atoms with van der Waals surface area (Å²) >= 11 is 3.34. The van der Waals surface area contributed by atoms with Gasteiger partial charge in [0.2, 0.25) is 0 Å². The fraction of sp³-hybridized carbons (Fsp3) is 0.0714. The minimum absolute atomic E-state index is 0.259. The molecule has 5 heteroatoms. The molecule has 0 bridgehead atoms. The van der Waals surface area contributed by atoms with Gasteiger partial charge in [-0.15, -0.1) is 0 Å². The van der Waals surface area contributed by atoms with Gasteiger partial charge >= 0.3 is 0 Å². The summed E-state index contributed by atoms with van der Waals surface area (Å²) in [6, 6.07) is 11.5. The largest absolute Gasteiger partial charge is 0.457 e. The van der Waals surface area contributed by atoms with Gasteiger partial charge in [0.15, 0.2) is 4.67 Å². The Morgan fingerprint density at radius 2 is 2.00 bits per heavy atom. The van der Waals surface area contributed by atoms with E-state index in [1.165, 1.54) is 0 Å². The molecule has 1 unspecified atom stereocenters. The second kappa shape index (κ2) is 5.03. The van der Waals surface area contributed by atoms with E-state index in [-0.39, 0.29) is 6.04 Å². The normalized spacial score (nSPS) is 12.5. The van der Waals surface area contributed by atoms with Crippen LogP contribution in [0.4, 0.5) is 0 Å². The lowest BCUT2D eigenvalue weighted by Crippen LogP contribution is -2.10. The van der Waals surface area contributed by atoms with E-state index >= 15 is 0 Å². The number of benzene rings is 1. The fourth-order valence-electron chi connectivity index (χ4n) is 1.93. The van der Waals surface area contributed by atoms with Crippen LogP contribution in [-0.4, -0.2) is 9.78 Å². The minimum atomic E-state index is -0.259. The zero-order valence-corrected chi connectivity index (χ0v) is 11.6. The van der Waals surface area contributed by atoms with Crippen molar-refractivity contribution in [1.82, 2.24) is 9.78 Å². The Labute approximate surface area is 119 Å². The van der Waals surface area contributed by atoms with Gasteiger partial charge in [-0.05, 0) is 34.1 Å². The van der Waals surface area contributed by atoms with Gasteiger partial charge in [-0.25, -0.2) is 4.68 Å². The van der Waals surface area contributed by atoms with Crippen molar-refractivity contribution in [2.75, 3.05) is 0 Å². The molecule has 4 nitrogen and oxygen atoms in total. The Morgan fingerprint density at radius 3 is 2.68 bits per heavy atom. The number of para-hydroxylation sites is 1. The van der Waals surface area contributed by atoms with Gasteiger partial charge in [-0.3, -0.25) is 0 Å². The van der Waals surface area contributed by atoms with Crippen LogP contribution in [0.5, 0.6) is 0 Å². The van der Waals surface area contributed by atoms with E-state index in [9.17, 15) is 0 Å². The summed E-state index contributed by atoms with van der Waals surface area (Å²) in [4.78, 5) is 0. The summed E-state index contributed by atoms with van der Waals surface area (Å²) in [5.74, 6) is 0. The second-order valence-corrected chi connectivity index (χ2v) is 4.90. The summed E-state index contributed by atoms with van der Waals surface area (Å²) in [7, 11) is 0. The lowest BCUT2D eigenvalue weighted by molar-refractivity contribution is 0.534. The molecule has 2 heterocycles. The summed E-state index contributed by atoms with van der Waals surface area (Å²) in [5, 5.41) is 4.34. The maximum absolute atomic E-state index is 6.21. The van der Waals surface area contributed by atoms with Crippen LogP contribution in [0.2, 0.25) is 0 Å². The first-order chi connectivity index (χ1) is 9.25. The van der Waals surface area contributed by atoms with Crippen LogP contribution in [-0.2, 0) is 0 Å². The van der Waals surface area contributed by atoms with E-state index in [0.717, 1.165) is 16.8 Å². The van der Waals surface area contributed by atoms with Crippen LogP contribution in [0.15, 0.2) is 64.1 Å². The van der Waals surface area contributed by atoms with Crippen molar-refractivity contribution in [2.24, 2.45) is 5.73 Å². The molecule has 1 atom stereocenters. The molecule has 0 aliphatic rings. The van der Waals surface area contributed by atoms with Crippen molar-refractivity contribution >= 4 is 15.9 Å². The Morgan fingerprint density at radius 1 is 1.21 bits per heavy atom. The number of nitrogens with two attached hydrogens (primary N) is 1. The lowest BCUT2D eigenvalue weighted by Gasteiger charge is -2.07. The standard InChI is InChI=1S/C14H12BrN3O/c15-14-12(6-7-19-14)13(16)10-8-17-18(9-10)11-4-2-1-3-5-11/h1-9,13H,16H2. The molecule has 3 aromatic rings. The van der Waals surface area contributed by atoms with E-state index in [2.05, 4.69) is 21.0 Å². The number of furan rings is 1. The molecule has 0 fully saturated rings. The first kappa shape index (κ1) is 12.2. The van der Waals surface area contributed by atoms with Gasteiger partial charge in [-0.1, -0.05) is 18.2 Å². The Bertz CT molecular complexity index is 675. The molecule has 0 amide bonds. The van der Waals surface area contributed by atoms with Crippen molar-refractivity contribution in [2.45, 2.75) is 6.04 Å². The Hall–Kier alpha value is -1.85. The third-order valence-corrected chi connectivity index (χ3v) is 3.61. The molecule has 0 saturated heterocycles. The SMILES string of the molecule is NC(c1cnn(-c2ccccc2)c1)c1ccoc1Br. The topological polar surface area (TPSA) is 57.0 Å². The minimum Gasteiger partial charge on any atom is -0.457 e. The molecular formula is C14H12BrN3O. The zero-order valence-electron chi connectivity index (χ0n) is 10.0. The molecule has 2 aromatic heterocycles.